The van der Waals surface area contributed by atoms with Crippen LogP contribution >= 0.6 is 0 Å². The number of carbonyl (C=O) groups excluding carboxylic acids is 1. The van der Waals surface area contributed by atoms with E-state index in [2.05, 4.69) is 16.9 Å². The van der Waals surface area contributed by atoms with Crippen LogP contribution in [0.1, 0.15) is 13.3 Å². The zero-order valence-corrected chi connectivity index (χ0v) is 5.92. The topological polar surface area (TPSA) is 41.5 Å². The molecule has 10 heavy (non-hydrogen) atoms. The van der Waals surface area contributed by atoms with E-state index in [1.807, 2.05) is 6.92 Å². The highest BCUT2D eigenvalue weighted by atomic mass is 16.1. The predicted octanol–water partition coefficient (Wildman–Crippen LogP) is 0.479. The first kappa shape index (κ1) is 6.99. The van der Waals surface area contributed by atoms with E-state index in [9.17, 15) is 4.79 Å². The molecule has 3 nitrogen and oxygen atoms in total. The monoisotopic (exact) mass is 138 g/mol. The number of amidine groups is 1. The highest BCUT2D eigenvalue weighted by Crippen LogP contribution is 2.02. The van der Waals surface area contributed by atoms with Crippen molar-refractivity contribution in [3.05, 3.63) is 12.7 Å². The molecule has 0 spiro atoms. The van der Waals surface area contributed by atoms with E-state index in [1.54, 1.807) is 6.08 Å². The number of hydrogen-bond acceptors (Lipinski definition) is 2. The number of carbonyl (C=O) groups is 1. The lowest BCUT2D eigenvalue weighted by atomic mass is 10.2. The van der Waals surface area contributed by atoms with Crippen LogP contribution in [0.5, 0.6) is 0 Å². The summed E-state index contributed by atoms with van der Waals surface area (Å²) in [5, 5.41) is 2.59. The minimum Gasteiger partial charge on any atom is -0.311 e. The molecule has 54 valence electrons. The predicted molar refractivity (Wildman–Crippen MR) is 39.9 cm³/mol. The lowest BCUT2D eigenvalue weighted by Crippen LogP contribution is -2.36. The van der Waals surface area contributed by atoms with Crippen molar-refractivity contribution in [3.8, 4) is 0 Å². The van der Waals surface area contributed by atoms with E-state index < -0.39 is 0 Å². The molecule has 1 atom stereocenters. The Kier molecular flexibility index (Phi) is 1.85. The van der Waals surface area contributed by atoms with E-state index in [0.29, 0.717) is 12.3 Å². The molecule has 0 aromatic heterocycles. The summed E-state index contributed by atoms with van der Waals surface area (Å²) in [6, 6.07) is 0.0988. The van der Waals surface area contributed by atoms with Gasteiger partial charge in [-0.05, 0) is 13.0 Å². The molecule has 0 aliphatic carbocycles. The zero-order valence-electron chi connectivity index (χ0n) is 5.92. The lowest BCUT2D eigenvalue weighted by molar-refractivity contribution is -0.120. The highest BCUT2D eigenvalue weighted by molar-refractivity contribution is 6.05. The molecule has 0 radical (unpaired) electrons. The molecule has 1 aliphatic rings. The molecule has 1 aliphatic heterocycles. The summed E-state index contributed by atoms with van der Waals surface area (Å²) in [5.74, 6) is 0.612. The minimum atomic E-state index is 0.0254. The van der Waals surface area contributed by atoms with Gasteiger partial charge >= 0.3 is 0 Å². The van der Waals surface area contributed by atoms with Crippen molar-refractivity contribution < 1.29 is 4.79 Å². The number of hydrogen-bond donors (Lipinski definition) is 1. The van der Waals surface area contributed by atoms with Gasteiger partial charge in [-0.1, -0.05) is 6.58 Å². The van der Waals surface area contributed by atoms with Crippen LogP contribution in [0.15, 0.2) is 17.6 Å². The highest BCUT2D eigenvalue weighted by Gasteiger charge is 2.14. The van der Waals surface area contributed by atoms with Crippen molar-refractivity contribution in [3.63, 3.8) is 0 Å². The second-order valence-electron chi connectivity index (χ2n) is 2.32. The van der Waals surface area contributed by atoms with Gasteiger partial charge in [-0.3, -0.25) is 9.79 Å². The van der Waals surface area contributed by atoms with Crippen molar-refractivity contribution >= 4 is 11.7 Å². The summed E-state index contributed by atoms with van der Waals surface area (Å²) in [5.41, 5.74) is 0. The maximum atomic E-state index is 10.8. The smallest absolute Gasteiger partial charge is 0.227 e. The van der Waals surface area contributed by atoms with E-state index in [-0.39, 0.29) is 11.9 Å². The van der Waals surface area contributed by atoms with Gasteiger partial charge in [0, 0.05) is 6.42 Å². The normalized spacial score (nSPS) is 25.1. The first-order valence-electron chi connectivity index (χ1n) is 3.22. The van der Waals surface area contributed by atoms with Crippen molar-refractivity contribution in [2.75, 3.05) is 0 Å². The molecule has 1 heterocycles. The quantitative estimate of drug-likeness (QED) is 0.562. The van der Waals surface area contributed by atoms with Crippen molar-refractivity contribution in [2.45, 2.75) is 19.4 Å². The third-order valence-electron chi connectivity index (χ3n) is 1.30. The Morgan fingerprint density at radius 1 is 1.90 bits per heavy atom. The van der Waals surface area contributed by atoms with Crippen LogP contribution in [0.2, 0.25) is 0 Å². The van der Waals surface area contributed by atoms with Crippen LogP contribution in [0.3, 0.4) is 0 Å². The third-order valence-corrected chi connectivity index (χ3v) is 1.30. The summed E-state index contributed by atoms with van der Waals surface area (Å²) >= 11 is 0. The fourth-order valence-electron chi connectivity index (χ4n) is 0.881. The Hall–Kier alpha value is -1.12. The molecule has 0 saturated carbocycles. The van der Waals surface area contributed by atoms with E-state index in [4.69, 9.17) is 0 Å². The fourth-order valence-corrected chi connectivity index (χ4v) is 0.881. The first-order valence-corrected chi connectivity index (χ1v) is 3.22. The molecule has 1 N–H and O–H groups in total. The number of amides is 1. The van der Waals surface area contributed by atoms with E-state index in [1.165, 1.54) is 0 Å². The SMILES string of the molecule is C=CC1=NC(C)CC(=O)N1. The van der Waals surface area contributed by atoms with E-state index >= 15 is 0 Å². The van der Waals surface area contributed by atoms with Gasteiger partial charge in [-0.2, -0.15) is 0 Å². The van der Waals surface area contributed by atoms with Gasteiger partial charge in [0.1, 0.15) is 5.84 Å². The average molecular weight is 138 g/mol. The average Bonchev–Trinajstić information content (AvgIpc) is 1.85. The Balaban J connectivity index is 2.74. The van der Waals surface area contributed by atoms with Crippen LogP contribution in [0.25, 0.3) is 0 Å². The Bertz CT molecular complexity index is 196. The van der Waals surface area contributed by atoms with Crippen LogP contribution in [0, 0.1) is 0 Å². The van der Waals surface area contributed by atoms with Gasteiger partial charge in [0.25, 0.3) is 0 Å². The maximum Gasteiger partial charge on any atom is 0.227 e. The minimum absolute atomic E-state index is 0.0254. The van der Waals surface area contributed by atoms with Gasteiger partial charge in [0.2, 0.25) is 5.91 Å². The van der Waals surface area contributed by atoms with Gasteiger partial charge in [0.15, 0.2) is 0 Å². The van der Waals surface area contributed by atoms with Crippen molar-refractivity contribution in [1.29, 1.82) is 0 Å². The molecule has 3 heteroatoms. The van der Waals surface area contributed by atoms with Crippen molar-refractivity contribution in [1.82, 2.24) is 5.32 Å². The molecule has 1 rings (SSSR count). The number of aliphatic imine (C=N–C) groups is 1. The molecular weight excluding hydrogens is 128 g/mol. The van der Waals surface area contributed by atoms with Crippen LogP contribution in [-0.4, -0.2) is 17.8 Å². The number of nitrogens with zero attached hydrogens (tertiary/aromatic N) is 1. The molecule has 0 aromatic carbocycles. The van der Waals surface area contributed by atoms with E-state index in [0.717, 1.165) is 0 Å². The van der Waals surface area contributed by atoms with Crippen LogP contribution in [0.4, 0.5) is 0 Å². The van der Waals surface area contributed by atoms with Gasteiger partial charge < -0.3 is 5.32 Å². The number of rotatable bonds is 1. The zero-order chi connectivity index (χ0) is 7.56. The summed E-state index contributed by atoms with van der Waals surface area (Å²) in [7, 11) is 0. The summed E-state index contributed by atoms with van der Waals surface area (Å²) < 4.78 is 0. The summed E-state index contributed by atoms with van der Waals surface area (Å²) in [4.78, 5) is 14.9. The lowest BCUT2D eigenvalue weighted by Gasteiger charge is -2.14. The molecule has 0 saturated heterocycles. The molecule has 0 bridgehead atoms. The standard InChI is InChI=1S/C7H10N2O/c1-3-6-8-5(2)4-7(10)9-6/h3,5H,1,4H2,2H3,(H,8,9,10). The Morgan fingerprint density at radius 3 is 3.10 bits per heavy atom. The number of nitrogens with one attached hydrogen (secondary N) is 1. The van der Waals surface area contributed by atoms with Gasteiger partial charge in [-0.25, -0.2) is 0 Å². The second-order valence-corrected chi connectivity index (χ2v) is 2.32. The first-order chi connectivity index (χ1) is 4.72. The van der Waals surface area contributed by atoms with Crippen LogP contribution < -0.4 is 5.32 Å². The fraction of sp³-hybridized carbons (Fsp3) is 0.429. The summed E-state index contributed by atoms with van der Waals surface area (Å²) in [6.45, 7) is 5.41. The van der Waals surface area contributed by atoms with Crippen LogP contribution in [-0.2, 0) is 4.79 Å². The Labute approximate surface area is 59.8 Å². The van der Waals surface area contributed by atoms with Gasteiger partial charge in [0.05, 0.1) is 6.04 Å². The molecule has 1 unspecified atom stereocenters. The molecular formula is C7H10N2O. The largest absolute Gasteiger partial charge is 0.311 e. The molecule has 0 aromatic rings. The Morgan fingerprint density at radius 2 is 2.60 bits per heavy atom. The molecule has 0 fully saturated rings. The molecule has 1 amide bonds. The van der Waals surface area contributed by atoms with Gasteiger partial charge in [-0.15, -0.1) is 0 Å². The van der Waals surface area contributed by atoms with Crippen molar-refractivity contribution in [2.24, 2.45) is 4.99 Å². The second kappa shape index (κ2) is 2.64. The summed E-state index contributed by atoms with van der Waals surface area (Å²) in [6.07, 6.45) is 2.03. The maximum absolute atomic E-state index is 10.8. The third kappa shape index (κ3) is 1.43.